The average Bonchev–Trinajstić information content (AvgIpc) is 3.36. The van der Waals surface area contributed by atoms with E-state index >= 15 is 0 Å². The predicted molar refractivity (Wildman–Crippen MR) is 142 cm³/mol. The molecule has 0 bridgehead atoms. The number of anilines is 1. The van der Waals surface area contributed by atoms with Crippen molar-refractivity contribution in [2.45, 2.75) is 26.3 Å². The molecule has 11 nitrogen and oxygen atoms in total. The number of aromatic nitrogens is 4. The number of nitrogens with one attached hydrogen (secondary N) is 5. The number of nitrogens with zero attached hydrogens (tertiary/aromatic N) is 4. The molecule has 1 fully saturated rings. The second-order valence-electron chi connectivity index (χ2n) is 8.79. The van der Waals surface area contributed by atoms with E-state index in [9.17, 15) is 4.79 Å². The minimum absolute atomic E-state index is 0.152. The third-order valence-corrected chi connectivity index (χ3v) is 6.40. The normalized spacial score (nSPS) is 18.3. The molecule has 192 valence electrons. The number of hydrogen-bond donors (Lipinski definition) is 5. The van der Waals surface area contributed by atoms with Gasteiger partial charge in [-0.3, -0.25) is 10.2 Å². The quantitative estimate of drug-likeness (QED) is 0.316. The molecule has 4 heterocycles. The number of aromatic amines is 1. The summed E-state index contributed by atoms with van der Waals surface area (Å²) in [6, 6.07) is 7.48. The highest BCUT2D eigenvalue weighted by Crippen LogP contribution is 2.29. The fraction of sp³-hybridized carbons (Fsp3) is 0.346. The summed E-state index contributed by atoms with van der Waals surface area (Å²) in [4.78, 5) is 32.5. The van der Waals surface area contributed by atoms with Gasteiger partial charge in [-0.25, -0.2) is 15.0 Å². The number of rotatable bonds is 8. The Hall–Kier alpha value is -4.25. The van der Waals surface area contributed by atoms with Crippen molar-refractivity contribution in [3.05, 3.63) is 65.9 Å². The van der Waals surface area contributed by atoms with Crippen molar-refractivity contribution in [1.29, 1.82) is 5.41 Å². The summed E-state index contributed by atoms with van der Waals surface area (Å²) in [5, 5.41) is 18.2. The predicted octanol–water partition coefficient (Wildman–Crippen LogP) is 2.24. The van der Waals surface area contributed by atoms with Crippen LogP contribution >= 0.6 is 0 Å². The van der Waals surface area contributed by atoms with Crippen molar-refractivity contribution < 1.29 is 9.53 Å². The summed E-state index contributed by atoms with van der Waals surface area (Å²) in [6.07, 6.45) is 5.67. The molecule has 0 spiro atoms. The maximum absolute atomic E-state index is 13.4. The summed E-state index contributed by atoms with van der Waals surface area (Å²) >= 11 is 0. The average molecular weight is 502 g/mol. The molecule has 2 aliphatic rings. The van der Waals surface area contributed by atoms with Crippen LogP contribution in [0, 0.1) is 5.41 Å². The maximum Gasteiger partial charge on any atom is 0.261 e. The molecule has 3 aromatic rings. The largest absolute Gasteiger partial charge is 0.389 e. The molecule has 2 aliphatic heterocycles. The molecule has 1 saturated heterocycles. The van der Waals surface area contributed by atoms with Crippen LogP contribution in [0.25, 0.3) is 16.6 Å². The van der Waals surface area contributed by atoms with E-state index in [1.165, 1.54) is 0 Å². The second-order valence-corrected chi connectivity index (χ2v) is 8.79. The van der Waals surface area contributed by atoms with Crippen LogP contribution in [0.5, 0.6) is 0 Å². The number of carbonyl (C=O) groups excluding carboxylic acids is 1. The van der Waals surface area contributed by atoms with Gasteiger partial charge >= 0.3 is 0 Å². The molecule has 1 amide bonds. The van der Waals surface area contributed by atoms with Gasteiger partial charge in [-0.05, 0) is 37.6 Å². The highest BCUT2D eigenvalue weighted by atomic mass is 16.5. The SMILES string of the molecule is CCN/C=C1/NC(=O)C(c2nc3ccc(N4CCOCC4)cc3[nH]2)=C(NC(CC)c2ncccn2)C1=N. The van der Waals surface area contributed by atoms with Gasteiger partial charge in [0.05, 0.1) is 41.7 Å². The van der Waals surface area contributed by atoms with Crippen LogP contribution < -0.4 is 20.9 Å². The van der Waals surface area contributed by atoms with Crippen LogP contribution in [0.3, 0.4) is 0 Å². The van der Waals surface area contributed by atoms with Crippen molar-refractivity contribution in [2.75, 3.05) is 37.7 Å². The number of morpholine rings is 1. The zero-order chi connectivity index (χ0) is 25.8. The number of fused-ring (bicyclic) bond motifs is 1. The monoisotopic (exact) mass is 501 g/mol. The topological polar surface area (TPSA) is 144 Å². The lowest BCUT2D eigenvalue weighted by molar-refractivity contribution is -0.115. The Labute approximate surface area is 214 Å². The smallest absolute Gasteiger partial charge is 0.261 e. The van der Waals surface area contributed by atoms with E-state index in [1.807, 2.05) is 32.0 Å². The van der Waals surface area contributed by atoms with E-state index in [4.69, 9.17) is 15.1 Å². The van der Waals surface area contributed by atoms with Gasteiger partial charge in [0.15, 0.2) is 0 Å². The van der Waals surface area contributed by atoms with E-state index in [2.05, 4.69) is 35.8 Å². The third kappa shape index (κ3) is 5.03. The minimum atomic E-state index is -0.348. The van der Waals surface area contributed by atoms with Crippen molar-refractivity contribution in [3.8, 4) is 0 Å². The van der Waals surface area contributed by atoms with Crippen LogP contribution in [0.4, 0.5) is 5.69 Å². The van der Waals surface area contributed by atoms with Crippen molar-refractivity contribution in [2.24, 2.45) is 0 Å². The zero-order valence-corrected chi connectivity index (χ0v) is 21.0. The Morgan fingerprint density at radius 1 is 1.22 bits per heavy atom. The third-order valence-electron chi connectivity index (χ3n) is 6.40. The number of imidazole rings is 1. The Balaban J connectivity index is 1.57. The zero-order valence-electron chi connectivity index (χ0n) is 21.0. The maximum atomic E-state index is 13.4. The molecule has 0 saturated carbocycles. The van der Waals surface area contributed by atoms with E-state index in [0.717, 1.165) is 29.8 Å². The summed E-state index contributed by atoms with van der Waals surface area (Å²) in [6.45, 7) is 7.66. The summed E-state index contributed by atoms with van der Waals surface area (Å²) in [5.74, 6) is 0.636. The number of H-pyrrole nitrogens is 1. The van der Waals surface area contributed by atoms with E-state index < -0.39 is 0 Å². The fourth-order valence-corrected chi connectivity index (χ4v) is 4.45. The first-order valence-corrected chi connectivity index (χ1v) is 12.5. The van der Waals surface area contributed by atoms with Gasteiger partial charge in [0.25, 0.3) is 5.91 Å². The van der Waals surface area contributed by atoms with Gasteiger partial charge < -0.3 is 30.6 Å². The fourth-order valence-electron chi connectivity index (χ4n) is 4.45. The number of carbonyl (C=O) groups is 1. The van der Waals surface area contributed by atoms with Crippen LogP contribution in [-0.2, 0) is 9.53 Å². The highest BCUT2D eigenvalue weighted by Gasteiger charge is 2.33. The molecule has 0 aliphatic carbocycles. The first kappa shape index (κ1) is 24.4. The van der Waals surface area contributed by atoms with E-state index in [-0.39, 0.29) is 23.2 Å². The molecule has 1 aromatic carbocycles. The van der Waals surface area contributed by atoms with Gasteiger partial charge in [-0.2, -0.15) is 0 Å². The Kier molecular flexibility index (Phi) is 7.13. The number of amides is 1. The molecule has 1 unspecified atom stereocenters. The lowest BCUT2D eigenvalue weighted by Gasteiger charge is -2.28. The van der Waals surface area contributed by atoms with Crippen LogP contribution in [0.15, 0.2) is 54.3 Å². The first-order chi connectivity index (χ1) is 18.1. The highest BCUT2D eigenvalue weighted by molar-refractivity contribution is 6.33. The van der Waals surface area contributed by atoms with Crippen LogP contribution in [0.2, 0.25) is 0 Å². The van der Waals surface area contributed by atoms with Gasteiger partial charge in [0, 0.05) is 43.9 Å². The molecule has 37 heavy (non-hydrogen) atoms. The van der Waals surface area contributed by atoms with Crippen LogP contribution in [0.1, 0.15) is 38.0 Å². The first-order valence-electron chi connectivity index (χ1n) is 12.5. The molecule has 5 rings (SSSR count). The number of ether oxygens (including phenoxy) is 1. The van der Waals surface area contributed by atoms with Crippen molar-refractivity contribution in [3.63, 3.8) is 0 Å². The summed E-state index contributed by atoms with van der Waals surface area (Å²) in [5.41, 5.74) is 3.81. The van der Waals surface area contributed by atoms with Crippen LogP contribution in [-0.4, -0.2) is 64.4 Å². The minimum Gasteiger partial charge on any atom is -0.389 e. The Morgan fingerprint density at radius 3 is 2.73 bits per heavy atom. The van der Waals surface area contributed by atoms with E-state index in [0.29, 0.717) is 49.2 Å². The molecule has 0 radical (unpaired) electrons. The molecule has 11 heteroatoms. The lowest BCUT2D eigenvalue weighted by atomic mass is 10.00. The van der Waals surface area contributed by atoms with E-state index in [1.54, 1.807) is 24.7 Å². The van der Waals surface area contributed by atoms with Gasteiger partial charge in [-0.1, -0.05) is 6.92 Å². The standard InChI is InChI=1S/C26H31N9O2/c1-3-17(24-29-8-5-9-30-24)31-23-21(26(36)34-20(22(23)27)15-28-4-2)25-32-18-7-6-16(14-19(18)33-25)35-10-12-37-13-11-35/h5-9,14-15,17,27-28,31H,3-4,10-13H2,1-2H3,(H,32,33)(H,34,36)/b20-15+,27-22?. The van der Waals surface area contributed by atoms with Crippen molar-refractivity contribution >= 4 is 33.9 Å². The Bertz CT molecular complexity index is 1360. The van der Waals surface area contributed by atoms with Gasteiger partial charge in [0.2, 0.25) is 0 Å². The summed E-state index contributed by atoms with van der Waals surface area (Å²) in [7, 11) is 0. The lowest BCUT2D eigenvalue weighted by Crippen LogP contribution is -2.41. The summed E-state index contributed by atoms with van der Waals surface area (Å²) < 4.78 is 5.47. The molecule has 2 aromatic heterocycles. The molecule has 5 N–H and O–H groups in total. The van der Waals surface area contributed by atoms with Gasteiger partial charge in [-0.15, -0.1) is 0 Å². The molecular weight excluding hydrogens is 470 g/mol. The molecule has 1 atom stereocenters. The second kappa shape index (κ2) is 10.8. The van der Waals surface area contributed by atoms with Crippen molar-refractivity contribution in [1.82, 2.24) is 35.9 Å². The van der Waals surface area contributed by atoms with Gasteiger partial charge in [0.1, 0.15) is 22.9 Å². The number of benzene rings is 1. The number of hydrogen-bond acceptors (Lipinski definition) is 9. The Morgan fingerprint density at radius 2 is 2.00 bits per heavy atom. The molecular formula is C26H31N9O2.